The lowest BCUT2D eigenvalue weighted by Crippen LogP contribution is -2.19. The molecular weight excluding hydrogens is 597 g/mol. The van der Waals surface area contributed by atoms with Crippen LogP contribution in [0, 0.1) is 0 Å². The molecule has 9 heteroatoms. The molecule has 0 saturated heterocycles. The van der Waals surface area contributed by atoms with Gasteiger partial charge in [0, 0.05) is 26.9 Å². The van der Waals surface area contributed by atoms with Crippen LogP contribution >= 0.6 is 23.2 Å². The molecule has 0 fully saturated rings. The topological polar surface area (TPSA) is 92.8 Å². The fourth-order valence-corrected chi connectivity index (χ4v) is 5.45. The number of hydrazone groups is 1. The summed E-state index contributed by atoms with van der Waals surface area (Å²) in [5.41, 5.74) is 6.06. The van der Waals surface area contributed by atoms with Gasteiger partial charge in [-0.2, -0.15) is 5.10 Å². The Bertz CT molecular complexity index is 2070. The van der Waals surface area contributed by atoms with Gasteiger partial charge in [-0.1, -0.05) is 89.9 Å². The Morgan fingerprint density at radius 1 is 0.841 bits per heavy atom. The lowest BCUT2D eigenvalue weighted by atomic mass is 9.99. The van der Waals surface area contributed by atoms with E-state index in [2.05, 4.69) is 15.5 Å². The van der Waals surface area contributed by atoms with Gasteiger partial charge in [-0.3, -0.25) is 4.79 Å². The van der Waals surface area contributed by atoms with E-state index in [4.69, 9.17) is 32.7 Å². The number of aromatic nitrogens is 1. The number of hydrogen-bond acceptors (Lipinski definition) is 5. The average molecular weight is 623 g/mol. The van der Waals surface area contributed by atoms with Gasteiger partial charge in [0.2, 0.25) is 0 Å². The van der Waals surface area contributed by atoms with Gasteiger partial charge in [-0.15, -0.1) is 0 Å². The number of amides is 1. The second-order valence-electron chi connectivity index (χ2n) is 9.77. The SMILES string of the molecule is CCOc1cc(C=NNC(=O)c2[nH]c3c(ccc4ccccc43)c2-c2ccccc2Cl)ccc1OC(=O)c1ccccc1Cl. The molecule has 5 aromatic carbocycles. The number of aromatic amines is 1. The molecule has 1 aromatic heterocycles. The summed E-state index contributed by atoms with van der Waals surface area (Å²) in [4.78, 5) is 29.6. The molecule has 0 spiro atoms. The number of ether oxygens (including phenoxy) is 2. The van der Waals surface area contributed by atoms with Crippen molar-refractivity contribution in [1.82, 2.24) is 10.4 Å². The van der Waals surface area contributed by atoms with Crippen molar-refractivity contribution in [2.45, 2.75) is 6.92 Å². The Hall–Kier alpha value is -5.11. The largest absolute Gasteiger partial charge is 0.490 e. The fraction of sp³-hybridized carbons (Fsp3) is 0.0571. The number of nitrogens with zero attached hydrogens (tertiary/aromatic N) is 1. The number of fused-ring (bicyclic) bond motifs is 3. The summed E-state index contributed by atoms with van der Waals surface area (Å²) in [5.74, 6) is -0.475. The zero-order chi connectivity index (χ0) is 30.6. The summed E-state index contributed by atoms with van der Waals surface area (Å²) in [6.07, 6.45) is 1.48. The third-order valence-corrected chi connectivity index (χ3v) is 7.67. The molecule has 0 aliphatic heterocycles. The molecule has 0 atom stereocenters. The third kappa shape index (κ3) is 5.75. The second-order valence-corrected chi connectivity index (χ2v) is 10.6. The third-order valence-electron chi connectivity index (χ3n) is 7.01. The van der Waals surface area contributed by atoms with Gasteiger partial charge in [-0.25, -0.2) is 10.2 Å². The maximum atomic E-state index is 13.6. The summed E-state index contributed by atoms with van der Waals surface area (Å²) >= 11 is 12.7. The molecule has 0 bridgehead atoms. The Morgan fingerprint density at radius 2 is 1.59 bits per heavy atom. The van der Waals surface area contributed by atoms with Crippen LogP contribution in [0.1, 0.15) is 33.3 Å². The molecule has 1 amide bonds. The molecule has 7 nitrogen and oxygen atoms in total. The van der Waals surface area contributed by atoms with E-state index >= 15 is 0 Å². The van der Waals surface area contributed by atoms with E-state index in [-0.39, 0.29) is 16.3 Å². The van der Waals surface area contributed by atoms with Crippen LogP contribution in [0.5, 0.6) is 11.5 Å². The molecule has 1 heterocycles. The fourth-order valence-electron chi connectivity index (χ4n) is 5.01. The van der Waals surface area contributed by atoms with E-state index in [0.29, 0.717) is 34.2 Å². The first-order chi connectivity index (χ1) is 21.4. The summed E-state index contributed by atoms with van der Waals surface area (Å²) in [5, 5.41) is 7.91. The molecule has 0 aliphatic rings. The Morgan fingerprint density at radius 3 is 2.39 bits per heavy atom. The minimum Gasteiger partial charge on any atom is -0.490 e. The summed E-state index contributed by atoms with van der Waals surface area (Å²) < 4.78 is 11.3. The van der Waals surface area contributed by atoms with E-state index in [1.165, 1.54) is 6.21 Å². The van der Waals surface area contributed by atoms with Gasteiger partial charge in [0.15, 0.2) is 11.5 Å². The number of carbonyl (C=O) groups is 2. The molecule has 0 aliphatic carbocycles. The highest BCUT2D eigenvalue weighted by atomic mass is 35.5. The van der Waals surface area contributed by atoms with Crippen LogP contribution in [0.2, 0.25) is 10.0 Å². The highest BCUT2D eigenvalue weighted by molar-refractivity contribution is 6.34. The Kier molecular flexibility index (Phi) is 8.32. The van der Waals surface area contributed by atoms with E-state index < -0.39 is 11.9 Å². The maximum absolute atomic E-state index is 13.6. The standard InChI is InChI=1S/C35H25Cl2N3O4/c1-2-43-30-19-21(15-18-29(30)44-35(42)25-12-6-8-14-28(25)37)20-38-40-34(41)33-31(24-11-5-7-13-27(24)36)26-17-16-22-9-3-4-10-23(22)32(26)39-33/h3-20,39H,2H2,1H3,(H,40,41). The molecule has 6 aromatic rings. The van der Waals surface area contributed by atoms with E-state index in [1.54, 1.807) is 48.5 Å². The zero-order valence-electron chi connectivity index (χ0n) is 23.4. The van der Waals surface area contributed by atoms with Crippen LogP contribution in [-0.4, -0.2) is 29.7 Å². The highest BCUT2D eigenvalue weighted by Crippen LogP contribution is 2.39. The van der Waals surface area contributed by atoms with Crippen molar-refractivity contribution in [3.05, 3.63) is 130 Å². The van der Waals surface area contributed by atoms with Crippen LogP contribution < -0.4 is 14.9 Å². The molecule has 2 N–H and O–H groups in total. The smallest absolute Gasteiger partial charge is 0.345 e. The number of rotatable bonds is 8. The maximum Gasteiger partial charge on any atom is 0.345 e. The molecule has 6 rings (SSSR count). The van der Waals surface area contributed by atoms with Crippen LogP contribution in [0.25, 0.3) is 32.8 Å². The predicted molar refractivity (Wildman–Crippen MR) is 175 cm³/mol. The van der Waals surface area contributed by atoms with Gasteiger partial charge in [0.1, 0.15) is 5.69 Å². The minimum atomic E-state index is -0.606. The molecule has 0 radical (unpaired) electrons. The Balaban J connectivity index is 1.28. The van der Waals surface area contributed by atoms with Crippen LogP contribution in [0.15, 0.2) is 108 Å². The van der Waals surface area contributed by atoms with Crippen molar-refractivity contribution in [2.75, 3.05) is 6.61 Å². The number of esters is 1. The summed E-state index contributed by atoms with van der Waals surface area (Å²) in [6, 6.07) is 31.0. The van der Waals surface area contributed by atoms with Gasteiger partial charge in [-0.05, 0) is 54.3 Å². The van der Waals surface area contributed by atoms with Crippen molar-refractivity contribution in [1.29, 1.82) is 0 Å². The molecule has 218 valence electrons. The van der Waals surface area contributed by atoms with Crippen molar-refractivity contribution in [3.63, 3.8) is 0 Å². The molecule has 0 saturated carbocycles. The number of halogens is 2. The van der Waals surface area contributed by atoms with Gasteiger partial charge < -0.3 is 14.5 Å². The van der Waals surface area contributed by atoms with Crippen LogP contribution in [0.3, 0.4) is 0 Å². The minimum absolute atomic E-state index is 0.229. The quantitative estimate of drug-likeness (QED) is 0.0769. The van der Waals surface area contributed by atoms with E-state index in [1.807, 2.05) is 61.5 Å². The highest BCUT2D eigenvalue weighted by Gasteiger charge is 2.22. The number of nitrogens with one attached hydrogen (secondary N) is 2. The summed E-state index contributed by atoms with van der Waals surface area (Å²) in [7, 11) is 0. The number of H-pyrrole nitrogens is 1. The monoisotopic (exact) mass is 621 g/mol. The first-order valence-corrected chi connectivity index (χ1v) is 14.6. The van der Waals surface area contributed by atoms with Crippen molar-refractivity contribution in [3.8, 4) is 22.6 Å². The first kappa shape index (κ1) is 29.0. The van der Waals surface area contributed by atoms with Crippen LogP contribution in [0.4, 0.5) is 0 Å². The lowest BCUT2D eigenvalue weighted by Gasteiger charge is -2.12. The van der Waals surface area contributed by atoms with Crippen molar-refractivity contribution in [2.24, 2.45) is 5.10 Å². The molecular formula is C35H25Cl2N3O4. The van der Waals surface area contributed by atoms with Gasteiger partial charge >= 0.3 is 5.97 Å². The first-order valence-electron chi connectivity index (χ1n) is 13.8. The summed E-state index contributed by atoms with van der Waals surface area (Å²) in [6.45, 7) is 2.16. The normalized spacial score (nSPS) is 11.2. The van der Waals surface area contributed by atoms with Crippen LogP contribution in [-0.2, 0) is 0 Å². The van der Waals surface area contributed by atoms with Gasteiger partial charge in [0.05, 0.1) is 28.9 Å². The zero-order valence-corrected chi connectivity index (χ0v) is 24.9. The molecule has 0 unspecified atom stereocenters. The van der Waals surface area contributed by atoms with Crippen molar-refractivity contribution < 1.29 is 19.1 Å². The van der Waals surface area contributed by atoms with E-state index in [9.17, 15) is 9.59 Å². The average Bonchev–Trinajstić information content (AvgIpc) is 3.43. The number of benzene rings is 5. The predicted octanol–water partition coefficient (Wildman–Crippen LogP) is 8.68. The van der Waals surface area contributed by atoms with Gasteiger partial charge in [0.25, 0.3) is 5.91 Å². The van der Waals surface area contributed by atoms with E-state index in [0.717, 1.165) is 27.2 Å². The number of carbonyl (C=O) groups excluding carboxylic acids is 2. The number of hydrogen-bond donors (Lipinski definition) is 2. The molecule has 44 heavy (non-hydrogen) atoms. The lowest BCUT2D eigenvalue weighted by molar-refractivity contribution is 0.0728. The van der Waals surface area contributed by atoms with Crippen molar-refractivity contribution >= 4 is 63.0 Å². The Labute approximate surface area is 263 Å². The second kappa shape index (κ2) is 12.6.